The lowest BCUT2D eigenvalue weighted by molar-refractivity contribution is 0.414. The smallest absolute Gasteiger partial charge is 0.182 e. The molecule has 1 aliphatic carbocycles. The summed E-state index contributed by atoms with van der Waals surface area (Å²) in [5.41, 5.74) is 12.3. The van der Waals surface area contributed by atoms with Crippen molar-refractivity contribution in [1.29, 1.82) is 0 Å². The summed E-state index contributed by atoms with van der Waals surface area (Å²) in [5, 5.41) is 1.41. The Morgan fingerprint density at radius 2 is 2.09 bits per heavy atom. The number of anilines is 2. The second-order valence-corrected chi connectivity index (χ2v) is 3.99. The SMILES string of the molecule is Nc1nc(C2CCC2)c(N)s1. The van der Waals surface area contributed by atoms with Gasteiger partial charge >= 0.3 is 0 Å². The highest BCUT2D eigenvalue weighted by Gasteiger charge is 2.24. The molecule has 3 nitrogen and oxygen atoms in total. The van der Waals surface area contributed by atoms with Gasteiger partial charge in [-0.3, -0.25) is 0 Å². The van der Waals surface area contributed by atoms with E-state index in [1.54, 1.807) is 0 Å². The predicted molar refractivity (Wildman–Crippen MR) is 47.5 cm³/mol. The molecule has 0 spiro atoms. The Morgan fingerprint density at radius 3 is 2.45 bits per heavy atom. The van der Waals surface area contributed by atoms with Gasteiger partial charge in [0.1, 0.15) is 5.00 Å². The van der Waals surface area contributed by atoms with Crippen LogP contribution < -0.4 is 11.5 Å². The molecule has 0 atom stereocenters. The Labute approximate surface area is 69.4 Å². The number of hydrogen-bond acceptors (Lipinski definition) is 4. The van der Waals surface area contributed by atoms with Gasteiger partial charge in [-0.25, -0.2) is 4.98 Å². The van der Waals surface area contributed by atoms with Crippen LogP contribution in [0.3, 0.4) is 0 Å². The Balaban J connectivity index is 2.28. The molecule has 0 aliphatic heterocycles. The van der Waals surface area contributed by atoms with E-state index in [1.807, 2.05) is 0 Å². The summed E-state index contributed by atoms with van der Waals surface area (Å²) < 4.78 is 0. The van der Waals surface area contributed by atoms with Crippen LogP contribution in [0.25, 0.3) is 0 Å². The molecule has 1 heterocycles. The van der Waals surface area contributed by atoms with E-state index in [0.717, 1.165) is 10.7 Å². The van der Waals surface area contributed by atoms with Crippen molar-refractivity contribution in [3.8, 4) is 0 Å². The van der Waals surface area contributed by atoms with Crippen LogP contribution >= 0.6 is 11.3 Å². The van der Waals surface area contributed by atoms with Crippen LogP contribution in [0.2, 0.25) is 0 Å². The zero-order chi connectivity index (χ0) is 7.84. The number of nitrogens with zero attached hydrogens (tertiary/aromatic N) is 1. The highest BCUT2D eigenvalue weighted by molar-refractivity contribution is 7.19. The summed E-state index contributed by atoms with van der Waals surface area (Å²) in [4.78, 5) is 4.20. The van der Waals surface area contributed by atoms with Crippen molar-refractivity contribution < 1.29 is 0 Å². The van der Waals surface area contributed by atoms with Gasteiger partial charge in [0.05, 0.1) is 5.69 Å². The Kier molecular flexibility index (Phi) is 1.49. The summed E-state index contributed by atoms with van der Waals surface area (Å²) in [6, 6.07) is 0. The van der Waals surface area contributed by atoms with Crippen LogP contribution in [0.1, 0.15) is 30.9 Å². The molecule has 1 saturated carbocycles. The average Bonchev–Trinajstić information content (AvgIpc) is 2.07. The number of hydrogen-bond donors (Lipinski definition) is 2. The molecule has 0 amide bonds. The molecule has 1 fully saturated rings. The molecule has 0 saturated heterocycles. The number of nitrogens with two attached hydrogens (primary N) is 2. The number of thiazole rings is 1. The molecule has 60 valence electrons. The van der Waals surface area contributed by atoms with Gasteiger partial charge in [0.15, 0.2) is 5.13 Å². The first-order valence-corrected chi connectivity index (χ1v) is 4.60. The van der Waals surface area contributed by atoms with E-state index in [9.17, 15) is 0 Å². The van der Waals surface area contributed by atoms with E-state index in [0.29, 0.717) is 11.0 Å². The third-order valence-electron chi connectivity index (χ3n) is 2.19. The van der Waals surface area contributed by atoms with Gasteiger partial charge in [0.2, 0.25) is 0 Å². The summed E-state index contributed by atoms with van der Waals surface area (Å²) >= 11 is 1.39. The van der Waals surface area contributed by atoms with Crippen LogP contribution in [-0.2, 0) is 0 Å². The predicted octanol–water partition coefficient (Wildman–Crippen LogP) is 1.57. The van der Waals surface area contributed by atoms with Crippen molar-refractivity contribution in [1.82, 2.24) is 4.98 Å². The van der Waals surface area contributed by atoms with Gasteiger partial charge in [0, 0.05) is 5.92 Å². The minimum absolute atomic E-state index is 0.601. The molecule has 0 radical (unpaired) electrons. The first-order valence-electron chi connectivity index (χ1n) is 3.79. The van der Waals surface area contributed by atoms with Crippen molar-refractivity contribution in [2.45, 2.75) is 25.2 Å². The Hall–Kier alpha value is -0.770. The standard InChI is InChI=1S/C7H11N3S/c8-6-5(4-2-1-3-4)10-7(9)11-6/h4H,1-3,8H2,(H2,9,10). The first kappa shape index (κ1) is 6.91. The summed E-state index contributed by atoms with van der Waals surface area (Å²) in [6.45, 7) is 0. The molecule has 0 unspecified atom stereocenters. The van der Waals surface area contributed by atoms with E-state index in [2.05, 4.69) is 4.98 Å². The minimum Gasteiger partial charge on any atom is -0.389 e. The van der Waals surface area contributed by atoms with Gasteiger partial charge in [0.25, 0.3) is 0 Å². The third-order valence-corrected chi connectivity index (χ3v) is 2.92. The van der Waals surface area contributed by atoms with Gasteiger partial charge < -0.3 is 11.5 Å². The minimum atomic E-state index is 0.601. The number of aromatic nitrogens is 1. The van der Waals surface area contributed by atoms with E-state index in [-0.39, 0.29) is 0 Å². The topological polar surface area (TPSA) is 64.9 Å². The highest BCUT2D eigenvalue weighted by atomic mass is 32.1. The monoisotopic (exact) mass is 169 g/mol. The summed E-state index contributed by atoms with van der Waals surface area (Å²) in [6.07, 6.45) is 3.77. The fraction of sp³-hybridized carbons (Fsp3) is 0.571. The molecule has 1 aliphatic rings. The molecule has 0 bridgehead atoms. The van der Waals surface area contributed by atoms with Gasteiger partial charge in [-0.05, 0) is 12.8 Å². The van der Waals surface area contributed by atoms with Crippen LogP contribution in [-0.4, -0.2) is 4.98 Å². The van der Waals surface area contributed by atoms with Crippen LogP contribution in [0.5, 0.6) is 0 Å². The lowest BCUT2D eigenvalue weighted by Crippen LogP contribution is -2.10. The third kappa shape index (κ3) is 1.07. The van der Waals surface area contributed by atoms with Crippen molar-refractivity contribution in [2.75, 3.05) is 11.5 Å². The van der Waals surface area contributed by atoms with Gasteiger partial charge in [-0.15, -0.1) is 0 Å². The van der Waals surface area contributed by atoms with Gasteiger partial charge in [-0.2, -0.15) is 0 Å². The molecule has 1 aromatic heterocycles. The van der Waals surface area contributed by atoms with Crippen LogP contribution in [0.15, 0.2) is 0 Å². The maximum Gasteiger partial charge on any atom is 0.182 e. The van der Waals surface area contributed by atoms with Crippen LogP contribution in [0.4, 0.5) is 10.1 Å². The maximum atomic E-state index is 5.73. The zero-order valence-electron chi connectivity index (χ0n) is 6.21. The van der Waals surface area contributed by atoms with E-state index in [4.69, 9.17) is 11.5 Å². The van der Waals surface area contributed by atoms with Crippen molar-refractivity contribution in [3.05, 3.63) is 5.69 Å². The van der Waals surface area contributed by atoms with E-state index < -0.39 is 0 Å². The lowest BCUT2D eigenvalue weighted by atomic mass is 9.83. The largest absolute Gasteiger partial charge is 0.389 e. The first-order chi connectivity index (χ1) is 5.27. The molecule has 11 heavy (non-hydrogen) atoms. The molecule has 2 rings (SSSR count). The quantitative estimate of drug-likeness (QED) is 0.670. The second kappa shape index (κ2) is 2.37. The molecule has 0 aromatic carbocycles. The average molecular weight is 169 g/mol. The van der Waals surface area contributed by atoms with E-state index >= 15 is 0 Å². The number of nitrogen functional groups attached to an aromatic ring is 2. The van der Waals surface area contributed by atoms with Crippen molar-refractivity contribution in [2.24, 2.45) is 0 Å². The fourth-order valence-corrected chi connectivity index (χ4v) is 2.02. The molecule has 1 aromatic rings. The van der Waals surface area contributed by atoms with Crippen LogP contribution in [0, 0.1) is 0 Å². The van der Waals surface area contributed by atoms with E-state index in [1.165, 1.54) is 30.6 Å². The second-order valence-electron chi connectivity index (χ2n) is 2.93. The Bertz CT molecular complexity index is 265. The summed E-state index contributed by atoms with van der Waals surface area (Å²) in [7, 11) is 0. The fourth-order valence-electron chi connectivity index (χ4n) is 1.34. The number of rotatable bonds is 1. The lowest BCUT2D eigenvalue weighted by Gasteiger charge is -2.23. The highest BCUT2D eigenvalue weighted by Crippen LogP contribution is 2.40. The maximum absolute atomic E-state index is 5.73. The Morgan fingerprint density at radius 1 is 1.36 bits per heavy atom. The van der Waals surface area contributed by atoms with Crippen molar-refractivity contribution in [3.63, 3.8) is 0 Å². The molecule has 4 N–H and O–H groups in total. The summed E-state index contributed by atoms with van der Waals surface area (Å²) in [5.74, 6) is 0.601. The molecular formula is C7H11N3S. The molecular weight excluding hydrogens is 158 g/mol. The normalized spacial score (nSPS) is 18.2. The molecule has 4 heteroatoms. The van der Waals surface area contributed by atoms with Crippen molar-refractivity contribution >= 4 is 21.5 Å². The van der Waals surface area contributed by atoms with Gasteiger partial charge in [-0.1, -0.05) is 17.8 Å². The zero-order valence-corrected chi connectivity index (χ0v) is 7.03.